The zero-order valence-electron chi connectivity index (χ0n) is 16.7. The first kappa shape index (κ1) is 27.5. The Morgan fingerprint density at radius 1 is 1.24 bits per heavy atom. The number of methoxy groups -OCH3 is 1. The van der Waals surface area contributed by atoms with Crippen LogP contribution in [0, 0.1) is 0 Å². The van der Waals surface area contributed by atoms with Crippen molar-refractivity contribution < 1.29 is 19.7 Å². The maximum absolute atomic E-state index is 10.7. The van der Waals surface area contributed by atoms with Gasteiger partial charge in [0.25, 0.3) is 0 Å². The van der Waals surface area contributed by atoms with E-state index in [1.165, 1.54) is 24.6 Å². The average Bonchev–Trinajstić information content (AvgIpc) is 2.61. The lowest BCUT2D eigenvalue weighted by molar-refractivity contribution is 0.101. The molecule has 2 N–H and O–H groups in total. The van der Waals surface area contributed by atoms with Crippen LogP contribution in [0.1, 0.15) is 51.9 Å². The minimum atomic E-state index is -0.220. The molecule has 1 aromatic carbocycles. The summed E-state index contributed by atoms with van der Waals surface area (Å²) in [7, 11) is 1.68. The predicted octanol–water partition coefficient (Wildman–Crippen LogP) is 5.67. The van der Waals surface area contributed by atoms with Crippen molar-refractivity contribution in [1.82, 2.24) is 0 Å². The van der Waals surface area contributed by atoms with E-state index in [2.05, 4.69) is 11.3 Å². The number of hydrogen-bond donors (Lipinski definition) is 2. The van der Waals surface area contributed by atoms with Gasteiger partial charge < -0.3 is 14.9 Å². The van der Waals surface area contributed by atoms with Gasteiger partial charge in [-0.15, -0.1) is 0 Å². The lowest BCUT2D eigenvalue weighted by Crippen LogP contribution is -1.91. The number of ether oxygens (including phenoxy) is 1. The molecule has 1 aromatic rings. The molecule has 0 unspecified atom stereocenters. The molecule has 142 valence electrons. The Hall–Kier alpha value is -2.33. The smallest absolute Gasteiger partial charge is 0.163 e. The van der Waals surface area contributed by atoms with Gasteiger partial charge in [-0.3, -0.25) is 4.79 Å². The summed E-state index contributed by atoms with van der Waals surface area (Å²) in [4.78, 5) is 10.7. The van der Waals surface area contributed by atoms with E-state index in [0.29, 0.717) is 0 Å². The number of Topliss-reactive ketones (excluding diaryl/α,β-unsaturated/α-hetero) is 1. The standard InChI is InChI=1S/C8H8O3.C8H12.C3H8O.C2H6/c1-5(9)7-3-2-6(10)4-8(7)11;1-4-6-7-8(3)5-2;1-3-4-2;1-2/h2-4,10-11H,1H3;4-7H,2H2,1,3H3;3H2,1-2H3;1-2H3/b;6-4-,8-7-;;. The van der Waals surface area contributed by atoms with Gasteiger partial charge in [0.05, 0.1) is 5.56 Å². The number of hydrogen-bond acceptors (Lipinski definition) is 4. The highest BCUT2D eigenvalue weighted by Crippen LogP contribution is 2.22. The molecule has 0 spiro atoms. The first-order valence-electron chi connectivity index (χ1n) is 8.27. The highest BCUT2D eigenvalue weighted by atomic mass is 16.5. The maximum atomic E-state index is 10.7. The molecule has 0 aliphatic rings. The summed E-state index contributed by atoms with van der Waals surface area (Å²) in [6.45, 7) is 15.8. The number of ketones is 1. The van der Waals surface area contributed by atoms with E-state index >= 15 is 0 Å². The molecular formula is C21H34O4. The van der Waals surface area contributed by atoms with E-state index in [4.69, 9.17) is 10.2 Å². The third-order valence-corrected chi connectivity index (χ3v) is 2.52. The number of rotatable bonds is 4. The zero-order chi connectivity index (χ0) is 20.3. The summed E-state index contributed by atoms with van der Waals surface area (Å²) < 4.78 is 4.54. The average molecular weight is 350 g/mol. The van der Waals surface area contributed by atoms with Crippen molar-refractivity contribution >= 4 is 5.78 Å². The highest BCUT2D eigenvalue weighted by molar-refractivity contribution is 5.96. The van der Waals surface area contributed by atoms with Gasteiger partial charge in [-0.1, -0.05) is 50.3 Å². The summed E-state index contributed by atoms with van der Waals surface area (Å²) in [5.41, 5.74) is 1.42. The Morgan fingerprint density at radius 3 is 2.08 bits per heavy atom. The van der Waals surface area contributed by atoms with Crippen LogP contribution < -0.4 is 0 Å². The van der Waals surface area contributed by atoms with Gasteiger partial charge in [0.2, 0.25) is 0 Å². The van der Waals surface area contributed by atoms with Crippen LogP contribution in [0.15, 0.2) is 54.7 Å². The molecule has 1 rings (SSSR count). The van der Waals surface area contributed by atoms with Gasteiger partial charge in [-0.2, -0.15) is 0 Å². The van der Waals surface area contributed by atoms with Gasteiger partial charge in [0.1, 0.15) is 11.5 Å². The van der Waals surface area contributed by atoms with Crippen LogP contribution in [0.25, 0.3) is 0 Å². The van der Waals surface area contributed by atoms with Crippen LogP contribution in [0.5, 0.6) is 11.5 Å². The molecule has 0 radical (unpaired) electrons. The Kier molecular flexibility index (Phi) is 21.7. The summed E-state index contributed by atoms with van der Waals surface area (Å²) in [5.74, 6) is -0.451. The number of aromatic hydroxyl groups is 2. The first-order valence-corrected chi connectivity index (χ1v) is 8.27. The number of allylic oxidation sites excluding steroid dienone is 5. The molecule has 0 amide bonds. The Bertz CT molecular complexity index is 527. The van der Waals surface area contributed by atoms with Gasteiger partial charge >= 0.3 is 0 Å². The fourth-order valence-electron chi connectivity index (χ4n) is 1.13. The van der Waals surface area contributed by atoms with Gasteiger partial charge in [0, 0.05) is 19.8 Å². The van der Waals surface area contributed by atoms with Crippen molar-refractivity contribution in [2.24, 2.45) is 0 Å². The van der Waals surface area contributed by atoms with E-state index in [1.54, 1.807) is 7.11 Å². The largest absolute Gasteiger partial charge is 0.508 e. The minimum absolute atomic E-state index is 0.0486. The Morgan fingerprint density at radius 2 is 1.76 bits per heavy atom. The molecule has 0 saturated carbocycles. The molecule has 25 heavy (non-hydrogen) atoms. The van der Waals surface area contributed by atoms with Crippen molar-refractivity contribution in [2.75, 3.05) is 13.7 Å². The van der Waals surface area contributed by atoms with Crippen LogP contribution in [-0.2, 0) is 4.74 Å². The zero-order valence-corrected chi connectivity index (χ0v) is 16.7. The monoisotopic (exact) mass is 350 g/mol. The lowest BCUT2D eigenvalue weighted by atomic mass is 10.1. The quantitative estimate of drug-likeness (QED) is 0.542. The molecule has 4 nitrogen and oxygen atoms in total. The number of phenolic OH excluding ortho intramolecular Hbond substituents is 2. The van der Waals surface area contributed by atoms with Gasteiger partial charge in [-0.05, 0) is 39.8 Å². The highest BCUT2D eigenvalue weighted by Gasteiger charge is 2.05. The molecule has 0 bridgehead atoms. The third-order valence-electron chi connectivity index (χ3n) is 2.52. The number of carbonyl (C=O) groups is 1. The van der Waals surface area contributed by atoms with Crippen LogP contribution in [-0.4, -0.2) is 29.7 Å². The van der Waals surface area contributed by atoms with Crippen LogP contribution in [0.3, 0.4) is 0 Å². The van der Waals surface area contributed by atoms with E-state index in [1.807, 2.05) is 58.9 Å². The Labute approximate surface area is 153 Å². The minimum Gasteiger partial charge on any atom is -0.508 e. The van der Waals surface area contributed by atoms with Crippen molar-refractivity contribution in [3.05, 3.63) is 60.2 Å². The summed E-state index contributed by atoms with van der Waals surface area (Å²) in [6, 6.07) is 3.88. The predicted molar refractivity (Wildman–Crippen MR) is 107 cm³/mol. The molecule has 0 heterocycles. The molecular weight excluding hydrogens is 316 g/mol. The number of benzene rings is 1. The van der Waals surface area contributed by atoms with Crippen molar-refractivity contribution in [3.8, 4) is 11.5 Å². The number of phenols is 2. The third kappa shape index (κ3) is 17.9. The van der Waals surface area contributed by atoms with Crippen molar-refractivity contribution in [1.29, 1.82) is 0 Å². The molecule has 4 heteroatoms. The lowest BCUT2D eigenvalue weighted by Gasteiger charge is -1.99. The molecule has 0 aliphatic heterocycles. The summed E-state index contributed by atoms with van der Waals surface area (Å²) in [6.07, 6.45) is 7.84. The van der Waals surface area contributed by atoms with E-state index in [-0.39, 0.29) is 22.8 Å². The topological polar surface area (TPSA) is 66.8 Å². The van der Waals surface area contributed by atoms with Crippen molar-refractivity contribution in [2.45, 2.75) is 41.5 Å². The van der Waals surface area contributed by atoms with E-state index in [9.17, 15) is 4.79 Å². The second-order valence-corrected chi connectivity index (χ2v) is 4.48. The van der Waals surface area contributed by atoms with Crippen LogP contribution >= 0.6 is 0 Å². The first-order chi connectivity index (χ1) is 11.8. The van der Waals surface area contributed by atoms with Crippen LogP contribution in [0.4, 0.5) is 0 Å². The fourth-order valence-corrected chi connectivity index (χ4v) is 1.13. The molecule has 0 atom stereocenters. The van der Waals surface area contributed by atoms with E-state index in [0.717, 1.165) is 12.7 Å². The second-order valence-electron chi connectivity index (χ2n) is 4.48. The molecule has 0 aliphatic carbocycles. The van der Waals surface area contributed by atoms with E-state index < -0.39 is 0 Å². The van der Waals surface area contributed by atoms with Gasteiger partial charge in [-0.25, -0.2) is 0 Å². The molecule has 0 saturated heterocycles. The molecule has 0 aromatic heterocycles. The SMILES string of the molecule is C=C/C(C)=C\C=C/C.CC.CC(=O)c1ccc(O)cc1O.CCOC. The number of carbonyl (C=O) groups excluding carboxylic acids is 1. The van der Waals surface area contributed by atoms with Crippen molar-refractivity contribution in [3.63, 3.8) is 0 Å². The Balaban J connectivity index is -0.000000304. The second kappa shape index (κ2) is 19.7. The van der Waals surface area contributed by atoms with Crippen LogP contribution in [0.2, 0.25) is 0 Å². The normalized spacial score (nSPS) is 9.64. The van der Waals surface area contributed by atoms with Gasteiger partial charge in [0.15, 0.2) is 5.78 Å². The fraction of sp³-hybridized carbons (Fsp3) is 0.381. The maximum Gasteiger partial charge on any atom is 0.163 e. The summed E-state index contributed by atoms with van der Waals surface area (Å²) in [5, 5.41) is 17.9. The molecule has 0 fully saturated rings. The summed E-state index contributed by atoms with van der Waals surface area (Å²) >= 11 is 0.